The molecule has 0 amide bonds. The van der Waals surface area contributed by atoms with Crippen molar-refractivity contribution in [2.24, 2.45) is 0 Å². The van der Waals surface area contributed by atoms with Crippen molar-refractivity contribution in [3.05, 3.63) is 294 Å². The molecule has 0 aromatic heterocycles. The van der Waals surface area contributed by atoms with Gasteiger partial charge in [-0.3, -0.25) is 0 Å². The zero-order chi connectivity index (χ0) is 64.2. The smallest absolute Gasteiger partial charge is 0.0620 e. The number of hydrogen-bond donors (Lipinski definition) is 0. The molecular weight excluding hydrogens is 1100 g/mol. The minimum atomic E-state index is -0.411. The van der Waals surface area contributed by atoms with Gasteiger partial charge in [-0.25, -0.2) is 0 Å². The van der Waals surface area contributed by atoms with Gasteiger partial charge in [-0.1, -0.05) is 74.5 Å². The third-order valence-corrected chi connectivity index (χ3v) is 18.5. The molecule has 91 heavy (non-hydrogen) atoms. The topological polar surface area (TPSA) is 13.0 Å². The molecule has 4 nitrogen and oxygen atoms in total. The minimum absolute atomic E-state index is 0.411. The van der Waals surface area contributed by atoms with E-state index in [0.717, 1.165) is 79.0 Å². The summed E-state index contributed by atoms with van der Waals surface area (Å²) in [5.41, 5.74) is 37.8. The van der Waals surface area contributed by atoms with E-state index in [1.54, 1.807) is 0 Å². The second kappa shape index (κ2) is 23.0. The summed E-state index contributed by atoms with van der Waals surface area (Å²) in [5, 5.41) is 4.64. The minimum Gasteiger partial charge on any atom is -0.310 e. The van der Waals surface area contributed by atoms with E-state index in [-0.39, 0.29) is 0 Å². The first-order chi connectivity index (χ1) is 43.3. The Morgan fingerprint density at radius 2 is 0.418 bits per heavy atom. The Morgan fingerprint density at radius 1 is 0.187 bits per heavy atom. The molecule has 0 saturated heterocycles. The fraction of sp³-hybridized carbons (Fsp3) is 0.218. The molecule has 1 aliphatic carbocycles. The van der Waals surface area contributed by atoms with Crippen LogP contribution in [0.4, 0.5) is 68.2 Å². The van der Waals surface area contributed by atoms with Crippen molar-refractivity contribution >= 4 is 89.8 Å². The summed E-state index contributed by atoms with van der Waals surface area (Å²) < 4.78 is 0. The van der Waals surface area contributed by atoms with Crippen molar-refractivity contribution in [2.45, 2.75) is 130 Å². The molecule has 0 N–H and O–H groups in total. The van der Waals surface area contributed by atoms with Gasteiger partial charge in [0.1, 0.15) is 0 Å². The summed E-state index contributed by atoms with van der Waals surface area (Å²) in [6.45, 7) is 40.6. The van der Waals surface area contributed by atoms with Gasteiger partial charge in [-0.05, 0) is 356 Å². The molecule has 4 heteroatoms. The van der Waals surface area contributed by atoms with Gasteiger partial charge in [-0.15, -0.1) is 0 Å². The maximum Gasteiger partial charge on any atom is 0.0620 e. The van der Waals surface area contributed by atoms with E-state index in [9.17, 15) is 0 Å². The molecule has 0 aliphatic heterocycles. The Morgan fingerprint density at radius 3 is 0.725 bits per heavy atom. The summed E-state index contributed by atoms with van der Waals surface area (Å²) in [7, 11) is 0. The SMILES string of the molecule is Cc1cc(C)cc(N(c2cc(C)cc(C)c2)c2ccc3c(c2)C(C)(C)c2cc4c(N(c5cc(C)cc(C)c5)c5cc(C)cc(C)c5)c5ccc(N(c6cc(C)cc(C)c6)c6cc(C)cc(C)c6)cc5c(N(c5cc(C)cc(C)c5)c5cc(C)cc(C)c5)c4cc2-3)c1. The third-order valence-electron chi connectivity index (χ3n) is 18.5. The summed E-state index contributed by atoms with van der Waals surface area (Å²) in [4.78, 5) is 10.2. The van der Waals surface area contributed by atoms with Crippen LogP contribution in [0.5, 0.6) is 0 Å². The maximum absolute atomic E-state index is 2.61. The Hall–Kier alpha value is -9.64. The van der Waals surface area contributed by atoms with Crippen LogP contribution in [0.15, 0.2) is 194 Å². The van der Waals surface area contributed by atoms with E-state index >= 15 is 0 Å². The number of benzene rings is 12. The molecule has 0 saturated carbocycles. The van der Waals surface area contributed by atoms with Crippen LogP contribution in [0.1, 0.15) is 114 Å². The zero-order valence-corrected chi connectivity index (χ0v) is 56.8. The Bertz CT molecular complexity index is 4590. The molecular formula is C87H86N4. The second-order valence-electron chi connectivity index (χ2n) is 27.8. The van der Waals surface area contributed by atoms with Crippen LogP contribution in [0, 0.1) is 111 Å². The van der Waals surface area contributed by atoms with Crippen molar-refractivity contribution in [1.29, 1.82) is 0 Å². The quantitative estimate of drug-likeness (QED) is 0.0893. The third kappa shape index (κ3) is 11.4. The predicted octanol–water partition coefficient (Wildman–Crippen LogP) is 25.1. The van der Waals surface area contributed by atoms with Crippen molar-refractivity contribution in [1.82, 2.24) is 0 Å². The number of aryl methyl sites for hydroxylation is 16. The molecule has 12 aromatic rings. The highest BCUT2D eigenvalue weighted by Gasteiger charge is 2.39. The number of rotatable bonds is 12. The zero-order valence-electron chi connectivity index (χ0n) is 56.8. The normalized spacial score (nSPS) is 12.4. The molecule has 0 bridgehead atoms. The molecule has 1 aliphatic rings. The van der Waals surface area contributed by atoms with Crippen LogP contribution in [0.3, 0.4) is 0 Å². The molecule has 454 valence electrons. The molecule has 13 rings (SSSR count). The molecule has 0 unspecified atom stereocenters. The van der Waals surface area contributed by atoms with E-state index < -0.39 is 5.41 Å². The van der Waals surface area contributed by atoms with Crippen LogP contribution in [-0.4, -0.2) is 0 Å². The molecule has 0 fully saturated rings. The van der Waals surface area contributed by atoms with Crippen molar-refractivity contribution in [2.75, 3.05) is 19.6 Å². The fourth-order valence-corrected chi connectivity index (χ4v) is 15.5. The van der Waals surface area contributed by atoms with Gasteiger partial charge in [0.2, 0.25) is 0 Å². The summed E-state index contributed by atoms with van der Waals surface area (Å²) >= 11 is 0. The van der Waals surface area contributed by atoms with Crippen molar-refractivity contribution < 1.29 is 0 Å². The van der Waals surface area contributed by atoms with Gasteiger partial charge in [0, 0.05) is 83.8 Å². The highest BCUT2D eigenvalue weighted by molar-refractivity contribution is 6.25. The molecule has 12 aromatic carbocycles. The first kappa shape index (κ1) is 60.3. The van der Waals surface area contributed by atoms with Gasteiger partial charge in [0.05, 0.1) is 11.4 Å². The number of nitrogens with zero attached hydrogens (tertiary/aromatic N) is 4. The van der Waals surface area contributed by atoms with E-state index in [0.29, 0.717) is 0 Å². The Balaban J connectivity index is 1.22. The van der Waals surface area contributed by atoms with Crippen LogP contribution in [0.2, 0.25) is 0 Å². The Kier molecular flexibility index (Phi) is 15.2. The van der Waals surface area contributed by atoms with E-state index in [2.05, 4.69) is 338 Å². The van der Waals surface area contributed by atoms with Crippen LogP contribution in [0.25, 0.3) is 32.7 Å². The molecule has 0 radical (unpaired) electrons. The van der Waals surface area contributed by atoms with E-state index in [1.807, 2.05) is 0 Å². The lowest BCUT2D eigenvalue weighted by molar-refractivity contribution is 0.661. The van der Waals surface area contributed by atoms with Crippen LogP contribution >= 0.6 is 0 Å². The lowest BCUT2D eigenvalue weighted by atomic mass is 9.81. The van der Waals surface area contributed by atoms with Gasteiger partial charge in [0.15, 0.2) is 0 Å². The van der Waals surface area contributed by atoms with Crippen molar-refractivity contribution in [3.63, 3.8) is 0 Å². The number of hydrogen-bond acceptors (Lipinski definition) is 4. The monoisotopic (exact) mass is 1190 g/mol. The largest absolute Gasteiger partial charge is 0.310 e. The first-order valence-electron chi connectivity index (χ1n) is 32.4. The van der Waals surface area contributed by atoms with Gasteiger partial charge >= 0.3 is 0 Å². The summed E-state index contributed by atoms with van der Waals surface area (Å²) in [6, 6.07) is 76.0. The highest BCUT2D eigenvalue weighted by Crippen LogP contribution is 2.58. The first-order valence-corrected chi connectivity index (χ1v) is 32.4. The Labute approximate surface area is 541 Å². The maximum atomic E-state index is 2.61. The summed E-state index contributed by atoms with van der Waals surface area (Å²) in [5.74, 6) is 0. The fourth-order valence-electron chi connectivity index (χ4n) is 15.5. The lowest BCUT2D eigenvalue weighted by Crippen LogP contribution is -2.18. The number of fused-ring (bicyclic) bond motifs is 5. The predicted molar refractivity (Wildman–Crippen MR) is 394 cm³/mol. The lowest BCUT2D eigenvalue weighted by Gasteiger charge is -2.35. The van der Waals surface area contributed by atoms with E-state index in [4.69, 9.17) is 0 Å². The number of anilines is 12. The van der Waals surface area contributed by atoms with Crippen LogP contribution in [-0.2, 0) is 5.41 Å². The van der Waals surface area contributed by atoms with Crippen molar-refractivity contribution in [3.8, 4) is 11.1 Å². The van der Waals surface area contributed by atoms with Gasteiger partial charge in [-0.2, -0.15) is 0 Å². The second-order valence-corrected chi connectivity index (χ2v) is 27.8. The molecule has 0 atom stereocenters. The van der Waals surface area contributed by atoms with Gasteiger partial charge < -0.3 is 19.6 Å². The van der Waals surface area contributed by atoms with Crippen LogP contribution < -0.4 is 19.6 Å². The van der Waals surface area contributed by atoms with E-state index in [1.165, 1.54) is 122 Å². The average Bonchev–Trinajstić information content (AvgIpc) is 1.68. The van der Waals surface area contributed by atoms with Gasteiger partial charge in [0.25, 0.3) is 0 Å². The molecule has 0 spiro atoms. The molecule has 0 heterocycles. The highest BCUT2D eigenvalue weighted by atomic mass is 15.2. The summed E-state index contributed by atoms with van der Waals surface area (Å²) in [6.07, 6.45) is 0. The average molecular weight is 1190 g/mol. The standard InChI is InChI=1S/C87H86N4/c1-51-23-52(2)32-69(31-51)88(70-33-53(3)24-54(4)34-70)67-20-22-78-80(47-67)86(91(75-43-63(13)29-64(14)44-75)76-45-65(15)30-66(16)46-76)81-49-79-77-21-19-68(89(71-35-55(5)25-56(6)36-71)72-37-57(7)26-58(8)38-72)48-83(77)87(17,18)84(79)50-82(81)85(78)90(73-39-59(9)27-60(10)40-73)74-41-61(11)28-62(12)42-74/h19-50H,1-18H3.